The van der Waals surface area contributed by atoms with Crippen molar-refractivity contribution in [3.63, 3.8) is 0 Å². The summed E-state index contributed by atoms with van der Waals surface area (Å²) in [7, 11) is 0. The van der Waals surface area contributed by atoms with Crippen molar-refractivity contribution in [2.24, 2.45) is 5.92 Å². The summed E-state index contributed by atoms with van der Waals surface area (Å²) in [5, 5.41) is 17.6. The number of hydrogen-bond donors (Lipinski definition) is 2. The van der Waals surface area contributed by atoms with E-state index in [9.17, 15) is 19.7 Å². The molecule has 0 aliphatic carbocycles. The predicted octanol–water partition coefficient (Wildman–Crippen LogP) is 5.48. The number of anilines is 2. The predicted molar refractivity (Wildman–Crippen MR) is 124 cm³/mol. The molecule has 0 bridgehead atoms. The molecule has 2 aromatic rings. The number of carbonyl (C=O) groups is 2. The standard InChI is InChI=1S/C23H28ClN3O5/c1-14(2)12-19(22(29)32-23(3,4)5)26-21(28)15-10-11-18(20(13-15)27(30)31)25-17-9-7-6-8-16(17)24/h6-11,13-14,19,25H,12H2,1-5H3,(H,26,28). The van der Waals surface area contributed by atoms with E-state index in [2.05, 4.69) is 10.6 Å². The smallest absolute Gasteiger partial charge is 0.329 e. The Hall–Kier alpha value is -3.13. The first kappa shape index (κ1) is 25.1. The van der Waals surface area contributed by atoms with Crippen LogP contribution in [0.15, 0.2) is 42.5 Å². The number of nitro groups is 1. The number of halogens is 1. The van der Waals surface area contributed by atoms with Gasteiger partial charge < -0.3 is 15.4 Å². The van der Waals surface area contributed by atoms with Crippen molar-refractivity contribution in [2.45, 2.75) is 52.7 Å². The van der Waals surface area contributed by atoms with Crippen LogP contribution in [-0.4, -0.2) is 28.4 Å². The summed E-state index contributed by atoms with van der Waals surface area (Å²) in [6.45, 7) is 9.07. The number of nitro benzene ring substituents is 1. The molecule has 0 saturated carbocycles. The molecule has 0 fully saturated rings. The first-order valence-corrected chi connectivity index (χ1v) is 10.6. The van der Waals surface area contributed by atoms with Crippen LogP contribution in [0.1, 0.15) is 51.4 Å². The first-order chi connectivity index (χ1) is 14.9. The van der Waals surface area contributed by atoms with Crippen molar-refractivity contribution in [1.82, 2.24) is 5.32 Å². The van der Waals surface area contributed by atoms with Crippen LogP contribution in [0.2, 0.25) is 5.02 Å². The Balaban J connectivity index is 2.28. The van der Waals surface area contributed by atoms with Crippen molar-refractivity contribution < 1.29 is 19.2 Å². The van der Waals surface area contributed by atoms with Gasteiger partial charge in [0.05, 0.1) is 15.6 Å². The van der Waals surface area contributed by atoms with E-state index in [0.717, 1.165) is 6.07 Å². The van der Waals surface area contributed by atoms with Gasteiger partial charge in [0.2, 0.25) is 0 Å². The van der Waals surface area contributed by atoms with Crippen molar-refractivity contribution in [1.29, 1.82) is 0 Å². The third-order valence-corrected chi connectivity index (χ3v) is 4.63. The van der Waals surface area contributed by atoms with E-state index in [4.69, 9.17) is 16.3 Å². The largest absolute Gasteiger partial charge is 0.458 e. The van der Waals surface area contributed by atoms with Gasteiger partial charge in [-0.3, -0.25) is 14.9 Å². The minimum Gasteiger partial charge on any atom is -0.458 e. The van der Waals surface area contributed by atoms with E-state index in [-0.39, 0.29) is 22.9 Å². The second-order valence-corrected chi connectivity index (χ2v) is 9.19. The zero-order valence-corrected chi connectivity index (χ0v) is 19.5. The molecular formula is C23H28ClN3O5. The van der Waals surface area contributed by atoms with Gasteiger partial charge in [0, 0.05) is 11.6 Å². The summed E-state index contributed by atoms with van der Waals surface area (Å²) in [5.74, 6) is -1.04. The highest BCUT2D eigenvalue weighted by molar-refractivity contribution is 6.33. The van der Waals surface area contributed by atoms with Gasteiger partial charge in [-0.25, -0.2) is 4.79 Å². The van der Waals surface area contributed by atoms with Crippen LogP contribution in [0.5, 0.6) is 0 Å². The van der Waals surface area contributed by atoms with Crippen molar-refractivity contribution in [2.75, 3.05) is 5.32 Å². The van der Waals surface area contributed by atoms with Crippen molar-refractivity contribution in [3.8, 4) is 0 Å². The number of rotatable bonds is 8. The first-order valence-electron chi connectivity index (χ1n) is 10.2. The maximum absolute atomic E-state index is 12.8. The third kappa shape index (κ3) is 7.23. The highest BCUT2D eigenvalue weighted by Crippen LogP contribution is 2.31. The lowest BCUT2D eigenvalue weighted by Crippen LogP contribution is -2.44. The lowest BCUT2D eigenvalue weighted by molar-refractivity contribution is -0.383. The molecule has 2 aromatic carbocycles. The Morgan fingerprint density at radius 3 is 2.34 bits per heavy atom. The molecule has 1 unspecified atom stereocenters. The maximum Gasteiger partial charge on any atom is 0.329 e. The topological polar surface area (TPSA) is 111 Å². The average Bonchev–Trinajstić information content (AvgIpc) is 2.67. The van der Waals surface area contributed by atoms with Crippen LogP contribution in [0.4, 0.5) is 17.1 Å². The summed E-state index contributed by atoms with van der Waals surface area (Å²) >= 11 is 6.12. The van der Waals surface area contributed by atoms with Gasteiger partial charge in [-0.05, 0) is 57.4 Å². The van der Waals surface area contributed by atoms with Crippen LogP contribution in [0.25, 0.3) is 0 Å². The average molecular weight is 462 g/mol. The second kappa shape index (κ2) is 10.5. The molecule has 0 aliphatic heterocycles. The van der Waals surface area contributed by atoms with Gasteiger partial charge in [0.15, 0.2) is 0 Å². The molecular weight excluding hydrogens is 434 g/mol. The van der Waals surface area contributed by atoms with Crippen LogP contribution in [0.3, 0.4) is 0 Å². The normalized spacial score (nSPS) is 12.2. The summed E-state index contributed by atoms with van der Waals surface area (Å²) in [6, 6.07) is 10.00. The van der Waals surface area contributed by atoms with Gasteiger partial charge in [-0.1, -0.05) is 37.6 Å². The van der Waals surface area contributed by atoms with Crippen LogP contribution in [0, 0.1) is 16.0 Å². The summed E-state index contributed by atoms with van der Waals surface area (Å²) < 4.78 is 5.41. The molecule has 172 valence electrons. The Bertz CT molecular complexity index is 1000. The summed E-state index contributed by atoms with van der Waals surface area (Å²) in [4.78, 5) is 36.4. The Morgan fingerprint density at radius 1 is 1.12 bits per heavy atom. The minimum absolute atomic E-state index is 0.0544. The number of benzene rings is 2. The Labute approximate surface area is 192 Å². The van der Waals surface area contributed by atoms with Gasteiger partial charge in [0.1, 0.15) is 17.3 Å². The molecule has 0 spiro atoms. The van der Waals surface area contributed by atoms with E-state index in [1.54, 1.807) is 45.0 Å². The molecule has 0 saturated heterocycles. The lowest BCUT2D eigenvalue weighted by Gasteiger charge is -2.25. The number of hydrogen-bond acceptors (Lipinski definition) is 6. The van der Waals surface area contributed by atoms with Crippen LogP contribution in [-0.2, 0) is 9.53 Å². The van der Waals surface area contributed by atoms with E-state index in [1.807, 2.05) is 13.8 Å². The van der Waals surface area contributed by atoms with Gasteiger partial charge in [-0.2, -0.15) is 0 Å². The fourth-order valence-corrected chi connectivity index (χ4v) is 3.12. The van der Waals surface area contributed by atoms with Crippen LogP contribution >= 0.6 is 11.6 Å². The molecule has 2 rings (SSSR count). The third-order valence-electron chi connectivity index (χ3n) is 4.30. The van der Waals surface area contributed by atoms with E-state index in [1.165, 1.54) is 12.1 Å². The summed E-state index contributed by atoms with van der Waals surface area (Å²) in [6.07, 6.45) is 0.370. The van der Waals surface area contributed by atoms with Crippen molar-refractivity contribution in [3.05, 3.63) is 63.2 Å². The number of nitrogens with zero attached hydrogens (tertiary/aromatic N) is 1. The molecule has 2 N–H and O–H groups in total. The number of esters is 1. The number of amides is 1. The molecule has 0 aliphatic rings. The second-order valence-electron chi connectivity index (χ2n) is 8.78. The molecule has 1 amide bonds. The minimum atomic E-state index is -0.873. The fourth-order valence-electron chi connectivity index (χ4n) is 2.94. The van der Waals surface area contributed by atoms with Gasteiger partial charge in [-0.15, -0.1) is 0 Å². The maximum atomic E-state index is 12.8. The zero-order valence-electron chi connectivity index (χ0n) is 18.8. The molecule has 32 heavy (non-hydrogen) atoms. The number of carbonyl (C=O) groups excluding carboxylic acids is 2. The Morgan fingerprint density at radius 2 is 1.78 bits per heavy atom. The number of para-hydroxylation sites is 1. The zero-order chi connectivity index (χ0) is 24.1. The molecule has 9 heteroatoms. The molecule has 0 aromatic heterocycles. The number of ether oxygens (including phenoxy) is 1. The SMILES string of the molecule is CC(C)CC(NC(=O)c1ccc(Nc2ccccc2Cl)c([N+](=O)[O-])c1)C(=O)OC(C)(C)C. The molecule has 0 radical (unpaired) electrons. The van der Waals surface area contributed by atoms with Gasteiger partial charge in [0.25, 0.3) is 11.6 Å². The van der Waals surface area contributed by atoms with E-state index < -0.39 is 28.4 Å². The summed E-state index contributed by atoms with van der Waals surface area (Å²) in [5.41, 5.74) is -0.266. The Kier molecular flexibility index (Phi) is 8.21. The lowest BCUT2D eigenvalue weighted by atomic mass is 10.0. The highest BCUT2D eigenvalue weighted by atomic mass is 35.5. The molecule has 8 nitrogen and oxygen atoms in total. The van der Waals surface area contributed by atoms with Crippen LogP contribution < -0.4 is 10.6 Å². The van der Waals surface area contributed by atoms with Crippen molar-refractivity contribution >= 4 is 40.5 Å². The quantitative estimate of drug-likeness (QED) is 0.306. The molecule has 1 atom stereocenters. The fraction of sp³-hybridized carbons (Fsp3) is 0.391. The molecule has 0 heterocycles. The van der Waals surface area contributed by atoms with E-state index in [0.29, 0.717) is 17.1 Å². The highest BCUT2D eigenvalue weighted by Gasteiger charge is 2.28. The monoisotopic (exact) mass is 461 g/mol. The van der Waals surface area contributed by atoms with Gasteiger partial charge >= 0.3 is 5.97 Å². The van der Waals surface area contributed by atoms with E-state index >= 15 is 0 Å². The number of nitrogens with one attached hydrogen (secondary N) is 2.